The summed E-state index contributed by atoms with van der Waals surface area (Å²) in [5.74, 6) is 0.600. The van der Waals surface area contributed by atoms with Gasteiger partial charge in [0.05, 0.1) is 14.1 Å². The zero-order valence-corrected chi connectivity index (χ0v) is 21.1. The summed E-state index contributed by atoms with van der Waals surface area (Å²) in [4.78, 5) is 0. The minimum absolute atomic E-state index is 0. The second-order valence-corrected chi connectivity index (χ2v) is 11.1. The Labute approximate surface area is 194 Å². The van der Waals surface area contributed by atoms with Crippen LogP contribution in [0.2, 0.25) is 0 Å². The number of rotatable bonds is 7. The third kappa shape index (κ3) is 8.44. The quantitative estimate of drug-likeness (QED) is 0.655. The number of aliphatic hydroxyl groups is 1. The summed E-state index contributed by atoms with van der Waals surface area (Å²) < 4.78 is 19.8. The molecule has 0 amide bonds. The summed E-state index contributed by atoms with van der Waals surface area (Å²) in [6, 6.07) is 12.9. The van der Waals surface area contributed by atoms with E-state index in [1.165, 1.54) is 17.7 Å². The fourth-order valence-electron chi connectivity index (χ4n) is 3.67. The van der Waals surface area contributed by atoms with Crippen molar-refractivity contribution < 1.29 is 31.1 Å². The van der Waals surface area contributed by atoms with Crippen molar-refractivity contribution in [3.8, 4) is 5.75 Å². The normalized spacial score (nSPS) is 13.5. The monoisotopic (exact) mass is 451 g/mol. The first-order chi connectivity index (χ1) is 13.7. The Morgan fingerprint density at radius 3 is 2.03 bits per heavy atom. The molecule has 1 unspecified atom stereocenters. The lowest BCUT2D eigenvalue weighted by Crippen LogP contribution is -3.00. The maximum atomic E-state index is 13.1. The molecule has 0 saturated carbocycles. The second kappa shape index (κ2) is 10.3. The Kier molecular flexibility index (Phi) is 9.14. The van der Waals surface area contributed by atoms with Crippen LogP contribution in [0.25, 0.3) is 0 Å². The van der Waals surface area contributed by atoms with Gasteiger partial charge in [0.1, 0.15) is 37.4 Å². The molecule has 2 rings (SSSR count). The number of ether oxygens (including phenoxy) is 1. The van der Waals surface area contributed by atoms with Crippen molar-refractivity contribution in [3.05, 3.63) is 65.0 Å². The number of quaternary nitrogens is 1. The minimum Gasteiger partial charge on any atom is -1.00 e. The van der Waals surface area contributed by atoms with Crippen molar-refractivity contribution in [3.63, 3.8) is 0 Å². The van der Waals surface area contributed by atoms with Crippen molar-refractivity contribution in [2.45, 2.75) is 65.0 Å². The van der Waals surface area contributed by atoms with Crippen LogP contribution in [0.4, 0.5) is 4.39 Å². The van der Waals surface area contributed by atoms with Gasteiger partial charge in [0.25, 0.3) is 0 Å². The summed E-state index contributed by atoms with van der Waals surface area (Å²) in [6.07, 6.45) is -0.601. The molecule has 3 nitrogen and oxygen atoms in total. The van der Waals surface area contributed by atoms with E-state index >= 15 is 0 Å². The fourth-order valence-corrected chi connectivity index (χ4v) is 3.67. The smallest absolute Gasteiger partial charge is 0.137 e. The number of aliphatic hydroxyl groups excluding tert-OH is 1. The number of hydrogen-bond acceptors (Lipinski definition) is 2. The van der Waals surface area contributed by atoms with Crippen molar-refractivity contribution in [2.75, 3.05) is 27.2 Å². The van der Waals surface area contributed by atoms with Crippen molar-refractivity contribution in [1.29, 1.82) is 0 Å². The summed E-state index contributed by atoms with van der Waals surface area (Å²) in [5, 5.41) is 10.6. The molecule has 0 fully saturated rings. The van der Waals surface area contributed by atoms with Crippen molar-refractivity contribution in [2.24, 2.45) is 0 Å². The molecule has 0 aliphatic carbocycles. The molecule has 5 heteroatoms. The molecule has 2 aromatic rings. The Morgan fingerprint density at radius 1 is 0.935 bits per heavy atom. The highest BCUT2D eigenvalue weighted by atomic mass is 35.5. The van der Waals surface area contributed by atoms with Crippen LogP contribution in [0, 0.1) is 5.82 Å². The summed E-state index contributed by atoms with van der Waals surface area (Å²) >= 11 is 0. The van der Waals surface area contributed by atoms with Crippen molar-refractivity contribution >= 4 is 0 Å². The molecule has 0 aliphatic heterocycles. The molecule has 31 heavy (non-hydrogen) atoms. The van der Waals surface area contributed by atoms with Crippen LogP contribution in [-0.4, -0.2) is 42.9 Å². The molecule has 0 aromatic heterocycles. The lowest BCUT2D eigenvalue weighted by atomic mass is 9.80. The van der Waals surface area contributed by atoms with Gasteiger partial charge in [-0.05, 0) is 40.2 Å². The van der Waals surface area contributed by atoms with E-state index in [2.05, 4.69) is 67.8 Å². The molecule has 1 atom stereocenters. The van der Waals surface area contributed by atoms with Crippen LogP contribution in [0.5, 0.6) is 5.75 Å². The first-order valence-electron chi connectivity index (χ1n) is 10.7. The van der Waals surface area contributed by atoms with Gasteiger partial charge in [-0.2, -0.15) is 0 Å². The van der Waals surface area contributed by atoms with Crippen molar-refractivity contribution in [1.82, 2.24) is 0 Å². The maximum Gasteiger partial charge on any atom is 0.137 e. The number of nitrogens with zero attached hydrogens (tertiary/aromatic N) is 1. The summed E-state index contributed by atoms with van der Waals surface area (Å²) in [5.41, 5.74) is 3.49. The first-order valence-corrected chi connectivity index (χ1v) is 10.7. The molecule has 0 spiro atoms. The van der Waals surface area contributed by atoms with Gasteiger partial charge in [-0.15, -0.1) is 0 Å². The molecular formula is C26H39ClFNO2. The van der Waals surface area contributed by atoms with Gasteiger partial charge >= 0.3 is 0 Å². The number of hydrogen-bond donors (Lipinski definition) is 1. The predicted octanol–water partition coefficient (Wildman–Crippen LogP) is 2.44. The SMILES string of the molecule is CC(C)(C)c1ccc(OCC(O)C[N+](C)(C)Cc2ccc(F)cc2)c(C(C)(C)C)c1.[Cl-]. The van der Waals surface area contributed by atoms with Gasteiger partial charge < -0.3 is 26.7 Å². The van der Waals surface area contributed by atoms with Crippen LogP contribution in [0.1, 0.15) is 58.2 Å². The zero-order chi connectivity index (χ0) is 22.7. The standard InChI is InChI=1S/C26H39FNO2.ClH/c1-25(2,3)20-11-14-24(23(15-20)26(4,5)6)30-18-22(29)17-28(7,8)16-19-9-12-21(27)13-10-19;/h9-15,22,29H,16-18H2,1-8H3;1H/q+1;/p-1. The van der Waals surface area contributed by atoms with E-state index in [0.29, 0.717) is 17.6 Å². The van der Waals surface area contributed by atoms with E-state index in [1.54, 1.807) is 12.1 Å². The molecule has 2 aromatic carbocycles. The topological polar surface area (TPSA) is 29.5 Å². The van der Waals surface area contributed by atoms with E-state index in [1.807, 2.05) is 6.07 Å². The summed E-state index contributed by atoms with van der Waals surface area (Å²) in [7, 11) is 4.12. The van der Waals surface area contributed by atoms with Gasteiger partial charge in [0.15, 0.2) is 0 Å². The molecule has 0 saturated heterocycles. The van der Waals surface area contributed by atoms with Gasteiger partial charge in [0, 0.05) is 5.56 Å². The highest BCUT2D eigenvalue weighted by Crippen LogP contribution is 2.35. The molecule has 174 valence electrons. The average molecular weight is 452 g/mol. The maximum absolute atomic E-state index is 13.1. The molecule has 0 radical (unpaired) electrons. The van der Waals surface area contributed by atoms with Crippen LogP contribution in [0.15, 0.2) is 42.5 Å². The molecule has 0 heterocycles. The minimum atomic E-state index is -0.601. The zero-order valence-electron chi connectivity index (χ0n) is 20.3. The molecule has 0 aliphatic rings. The van der Waals surface area contributed by atoms with Crippen LogP contribution >= 0.6 is 0 Å². The summed E-state index contributed by atoms with van der Waals surface area (Å²) in [6.45, 7) is 14.7. The van der Waals surface area contributed by atoms with Gasteiger partial charge in [0.2, 0.25) is 0 Å². The van der Waals surface area contributed by atoms with Crippen LogP contribution < -0.4 is 17.1 Å². The van der Waals surface area contributed by atoms with E-state index in [0.717, 1.165) is 16.9 Å². The van der Waals surface area contributed by atoms with E-state index in [9.17, 15) is 9.50 Å². The largest absolute Gasteiger partial charge is 1.00 e. The Morgan fingerprint density at radius 2 is 1.52 bits per heavy atom. The third-order valence-electron chi connectivity index (χ3n) is 5.31. The van der Waals surface area contributed by atoms with E-state index in [4.69, 9.17) is 4.74 Å². The lowest BCUT2D eigenvalue weighted by molar-refractivity contribution is -0.906. The third-order valence-corrected chi connectivity index (χ3v) is 5.31. The fraction of sp³-hybridized carbons (Fsp3) is 0.538. The molecule has 1 N–H and O–H groups in total. The number of halogens is 2. The average Bonchev–Trinajstić information content (AvgIpc) is 2.59. The molecular weight excluding hydrogens is 413 g/mol. The second-order valence-electron chi connectivity index (χ2n) is 11.1. The predicted molar refractivity (Wildman–Crippen MR) is 122 cm³/mol. The highest BCUT2D eigenvalue weighted by Gasteiger charge is 2.25. The number of likely N-dealkylation sites (N-methyl/N-ethyl adjacent to an activating group) is 1. The Balaban J connectivity index is 0.00000480. The highest BCUT2D eigenvalue weighted by molar-refractivity contribution is 5.43. The Bertz CT molecular complexity index is 836. The van der Waals surface area contributed by atoms with E-state index < -0.39 is 6.10 Å². The van der Waals surface area contributed by atoms with Gasteiger partial charge in [-0.3, -0.25) is 0 Å². The molecule has 0 bridgehead atoms. The van der Waals surface area contributed by atoms with Crippen LogP contribution in [0.3, 0.4) is 0 Å². The Hall–Kier alpha value is -1.62. The van der Waals surface area contributed by atoms with Gasteiger partial charge in [-0.25, -0.2) is 4.39 Å². The number of benzene rings is 2. The lowest BCUT2D eigenvalue weighted by Gasteiger charge is -2.32. The van der Waals surface area contributed by atoms with E-state index in [-0.39, 0.29) is 35.7 Å². The van der Waals surface area contributed by atoms with Gasteiger partial charge in [-0.1, -0.05) is 65.8 Å². The van der Waals surface area contributed by atoms with Crippen LogP contribution in [-0.2, 0) is 17.4 Å². The first kappa shape index (κ1) is 27.4.